The van der Waals surface area contributed by atoms with E-state index in [1.54, 1.807) is 31.0 Å². The van der Waals surface area contributed by atoms with Gasteiger partial charge in [-0.1, -0.05) is 6.07 Å². The van der Waals surface area contributed by atoms with Gasteiger partial charge in [0.1, 0.15) is 0 Å². The number of carbonyl (C=O) groups is 1. The molecule has 3 aromatic rings. The molecule has 0 aromatic carbocycles. The van der Waals surface area contributed by atoms with E-state index >= 15 is 0 Å². The van der Waals surface area contributed by atoms with Crippen LogP contribution in [-0.4, -0.2) is 20.9 Å². The van der Waals surface area contributed by atoms with E-state index in [9.17, 15) is 4.79 Å². The second-order valence-corrected chi connectivity index (χ2v) is 4.17. The van der Waals surface area contributed by atoms with Crippen LogP contribution in [0.25, 0.3) is 10.9 Å². The van der Waals surface area contributed by atoms with Crippen LogP contribution in [0.1, 0.15) is 15.9 Å². The zero-order chi connectivity index (χ0) is 13.1. The second-order valence-electron chi connectivity index (χ2n) is 4.17. The molecule has 2 N–H and O–H groups in total. The molecular formula is C14H12N4O. The quantitative estimate of drug-likeness (QED) is 0.747. The molecule has 3 aromatic heterocycles. The standard InChI is InChI=1S/C14H12N4O/c19-14(18-7-10-2-1-4-15-6-10)12-9-17-13-3-5-16-8-11(12)13/h1-6,8-9,17H,7H2,(H,18,19). The SMILES string of the molecule is O=C(NCc1cccnc1)c1c[nH]c2ccncc12. The minimum atomic E-state index is -0.122. The minimum Gasteiger partial charge on any atom is -0.360 e. The molecule has 0 spiro atoms. The summed E-state index contributed by atoms with van der Waals surface area (Å²) in [5, 5.41) is 3.69. The maximum atomic E-state index is 12.1. The Bertz CT molecular complexity index is 706. The molecule has 0 aliphatic rings. The van der Waals surface area contributed by atoms with E-state index in [2.05, 4.69) is 20.3 Å². The molecule has 0 aliphatic carbocycles. The number of hydrogen-bond donors (Lipinski definition) is 2. The lowest BCUT2D eigenvalue weighted by molar-refractivity contribution is 0.0952. The fraction of sp³-hybridized carbons (Fsp3) is 0.0714. The van der Waals surface area contributed by atoms with Crippen LogP contribution >= 0.6 is 0 Å². The number of H-pyrrole nitrogens is 1. The van der Waals surface area contributed by atoms with E-state index in [-0.39, 0.29) is 5.91 Å². The van der Waals surface area contributed by atoms with Crippen molar-refractivity contribution in [3.63, 3.8) is 0 Å². The Balaban J connectivity index is 1.77. The molecule has 3 heterocycles. The summed E-state index contributed by atoms with van der Waals surface area (Å²) < 4.78 is 0. The van der Waals surface area contributed by atoms with Crippen molar-refractivity contribution >= 4 is 16.8 Å². The van der Waals surface area contributed by atoms with Crippen LogP contribution in [0.2, 0.25) is 0 Å². The molecule has 0 saturated carbocycles. The van der Waals surface area contributed by atoms with E-state index in [1.165, 1.54) is 0 Å². The molecule has 1 amide bonds. The lowest BCUT2D eigenvalue weighted by atomic mass is 10.2. The highest BCUT2D eigenvalue weighted by Crippen LogP contribution is 2.16. The first-order chi connectivity index (χ1) is 9.34. The summed E-state index contributed by atoms with van der Waals surface area (Å²) in [4.78, 5) is 23.2. The Morgan fingerprint density at radius 2 is 2.11 bits per heavy atom. The van der Waals surface area contributed by atoms with Crippen molar-refractivity contribution in [1.82, 2.24) is 20.3 Å². The summed E-state index contributed by atoms with van der Waals surface area (Å²) in [5.41, 5.74) is 2.47. The molecule has 0 aliphatic heterocycles. The molecule has 5 nitrogen and oxygen atoms in total. The summed E-state index contributed by atoms with van der Waals surface area (Å²) in [7, 11) is 0. The van der Waals surface area contributed by atoms with Gasteiger partial charge < -0.3 is 10.3 Å². The number of hydrogen-bond acceptors (Lipinski definition) is 3. The number of pyridine rings is 2. The maximum Gasteiger partial charge on any atom is 0.253 e. The number of rotatable bonds is 3. The molecule has 5 heteroatoms. The van der Waals surface area contributed by atoms with Crippen LogP contribution in [0, 0.1) is 0 Å². The number of aromatic nitrogens is 3. The molecule has 0 atom stereocenters. The number of nitrogens with zero attached hydrogens (tertiary/aromatic N) is 2. The maximum absolute atomic E-state index is 12.1. The molecule has 19 heavy (non-hydrogen) atoms. The van der Waals surface area contributed by atoms with Gasteiger partial charge in [0.2, 0.25) is 0 Å². The van der Waals surface area contributed by atoms with Gasteiger partial charge in [-0.2, -0.15) is 0 Å². The Kier molecular flexibility index (Phi) is 2.94. The Morgan fingerprint density at radius 1 is 1.21 bits per heavy atom. The first kappa shape index (κ1) is 11.4. The number of amides is 1. The van der Waals surface area contributed by atoms with Gasteiger partial charge in [-0.15, -0.1) is 0 Å². The smallest absolute Gasteiger partial charge is 0.253 e. The summed E-state index contributed by atoms with van der Waals surface area (Å²) in [6, 6.07) is 5.61. The summed E-state index contributed by atoms with van der Waals surface area (Å²) in [6.45, 7) is 0.458. The number of fused-ring (bicyclic) bond motifs is 1. The summed E-state index contributed by atoms with van der Waals surface area (Å²) in [5.74, 6) is -0.122. The lowest BCUT2D eigenvalue weighted by Gasteiger charge is -2.03. The van der Waals surface area contributed by atoms with E-state index in [4.69, 9.17) is 0 Å². The van der Waals surface area contributed by atoms with Crippen molar-refractivity contribution in [3.8, 4) is 0 Å². The zero-order valence-electron chi connectivity index (χ0n) is 10.1. The highest BCUT2D eigenvalue weighted by atomic mass is 16.1. The third-order valence-electron chi connectivity index (χ3n) is 2.90. The molecule has 0 unspecified atom stereocenters. The molecule has 94 valence electrons. The Hall–Kier alpha value is -2.69. The van der Waals surface area contributed by atoms with Gasteiger partial charge in [0, 0.05) is 48.4 Å². The van der Waals surface area contributed by atoms with Crippen LogP contribution < -0.4 is 5.32 Å². The topological polar surface area (TPSA) is 70.7 Å². The number of nitrogens with one attached hydrogen (secondary N) is 2. The number of carbonyl (C=O) groups excluding carboxylic acids is 1. The highest BCUT2D eigenvalue weighted by molar-refractivity contribution is 6.06. The van der Waals surface area contributed by atoms with Gasteiger partial charge in [0.05, 0.1) is 5.56 Å². The Morgan fingerprint density at radius 3 is 2.95 bits per heavy atom. The van der Waals surface area contributed by atoms with Crippen LogP contribution in [0.3, 0.4) is 0 Å². The molecule has 0 saturated heterocycles. The van der Waals surface area contributed by atoms with Gasteiger partial charge in [-0.3, -0.25) is 14.8 Å². The predicted molar refractivity (Wildman–Crippen MR) is 71.5 cm³/mol. The van der Waals surface area contributed by atoms with Gasteiger partial charge in [-0.25, -0.2) is 0 Å². The van der Waals surface area contributed by atoms with Gasteiger partial charge in [0.15, 0.2) is 0 Å². The van der Waals surface area contributed by atoms with Crippen LogP contribution in [0.5, 0.6) is 0 Å². The largest absolute Gasteiger partial charge is 0.360 e. The molecule has 0 radical (unpaired) electrons. The van der Waals surface area contributed by atoms with E-state index < -0.39 is 0 Å². The average molecular weight is 252 g/mol. The third-order valence-corrected chi connectivity index (χ3v) is 2.90. The first-order valence-corrected chi connectivity index (χ1v) is 5.93. The van der Waals surface area contributed by atoms with Gasteiger partial charge in [-0.05, 0) is 17.7 Å². The van der Waals surface area contributed by atoms with E-state index in [1.807, 2.05) is 18.2 Å². The third kappa shape index (κ3) is 2.30. The highest BCUT2D eigenvalue weighted by Gasteiger charge is 2.11. The normalized spacial score (nSPS) is 10.5. The van der Waals surface area contributed by atoms with Crippen molar-refractivity contribution in [2.75, 3.05) is 0 Å². The predicted octanol–water partition coefficient (Wildman–Crippen LogP) is 1.89. The first-order valence-electron chi connectivity index (χ1n) is 5.93. The van der Waals surface area contributed by atoms with Crippen molar-refractivity contribution in [3.05, 3.63) is 60.3 Å². The average Bonchev–Trinajstić information content (AvgIpc) is 2.90. The van der Waals surface area contributed by atoms with Crippen molar-refractivity contribution in [1.29, 1.82) is 0 Å². The van der Waals surface area contributed by atoms with Gasteiger partial charge >= 0.3 is 0 Å². The van der Waals surface area contributed by atoms with Gasteiger partial charge in [0.25, 0.3) is 5.91 Å². The van der Waals surface area contributed by atoms with Crippen LogP contribution in [0.4, 0.5) is 0 Å². The molecular weight excluding hydrogens is 240 g/mol. The van der Waals surface area contributed by atoms with E-state index in [0.717, 1.165) is 16.5 Å². The fourth-order valence-electron chi connectivity index (χ4n) is 1.93. The van der Waals surface area contributed by atoms with Crippen molar-refractivity contribution < 1.29 is 4.79 Å². The molecule has 0 bridgehead atoms. The fourth-order valence-corrected chi connectivity index (χ4v) is 1.93. The number of aromatic amines is 1. The monoisotopic (exact) mass is 252 g/mol. The van der Waals surface area contributed by atoms with Crippen molar-refractivity contribution in [2.45, 2.75) is 6.54 Å². The van der Waals surface area contributed by atoms with Crippen molar-refractivity contribution in [2.24, 2.45) is 0 Å². The summed E-state index contributed by atoms with van der Waals surface area (Å²) in [6.07, 6.45) is 8.51. The summed E-state index contributed by atoms with van der Waals surface area (Å²) >= 11 is 0. The van der Waals surface area contributed by atoms with Crippen LogP contribution in [0.15, 0.2) is 49.2 Å². The molecule has 3 rings (SSSR count). The van der Waals surface area contributed by atoms with E-state index in [0.29, 0.717) is 12.1 Å². The lowest BCUT2D eigenvalue weighted by Crippen LogP contribution is -2.22. The van der Waals surface area contributed by atoms with Crippen LogP contribution in [-0.2, 0) is 6.54 Å². The minimum absolute atomic E-state index is 0.122. The second kappa shape index (κ2) is 4.89. The molecule has 0 fully saturated rings. The Labute approximate surface area is 109 Å². The zero-order valence-corrected chi connectivity index (χ0v) is 10.1.